The van der Waals surface area contributed by atoms with Crippen LogP contribution >= 0.6 is 0 Å². The molecule has 5 heteroatoms. The van der Waals surface area contributed by atoms with Gasteiger partial charge >= 0.3 is 12.1 Å². The zero-order valence-electron chi connectivity index (χ0n) is 12.3. The van der Waals surface area contributed by atoms with Gasteiger partial charge < -0.3 is 9.84 Å². The molecule has 0 bridgehead atoms. The molecular formula is C15H21NO4. The van der Waals surface area contributed by atoms with Gasteiger partial charge in [0.15, 0.2) is 0 Å². The fourth-order valence-corrected chi connectivity index (χ4v) is 1.59. The summed E-state index contributed by atoms with van der Waals surface area (Å²) in [6.45, 7) is 7.03. The number of carboxylic acid groups (broad SMARTS) is 1. The third kappa shape index (κ3) is 5.73. The van der Waals surface area contributed by atoms with E-state index < -0.39 is 17.7 Å². The Kier molecular flexibility index (Phi) is 5.13. The number of amides is 1. The van der Waals surface area contributed by atoms with Crippen molar-refractivity contribution < 1.29 is 19.4 Å². The van der Waals surface area contributed by atoms with E-state index in [1.165, 1.54) is 4.90 Å². The predicted octanol–water partition coefficient (Wildman–Crippen LogP) is 2.82. The lowest BCUT2D eigenvalue weighted by molar-refractivity contribution is -0.138. The molecule has 0 spiro atoms. The first-order valence-corrected chi connectivity index (χ1v) is 6.42. The maximum absolute atomic E-state index is 12.0. The number of ether oxygens (including phenoxy) is 1. The first-order valence-electron chi connectivity index (χ1n) is 6.42. The van der Waals surface area contributed by atoms with Crippen molar-refractivity contribution in [1.82, 2.24) is 4.90 Å². The Hall–Kier alpha value is -2.04. The summed E-state index contributed by atoms with van der Waals surface area (Å²) in [5.41, 5.74) is 1.32. The quantitative estimate of drug-likeness (QED) is 0.920. The van der Waals surface area contributed by atoms with Crippen molar-refractivity contribution >= 4 is 12.1 Å². The highest BCUT2D eigenvalue weighted by molar-refractivity contribution is 5.76. The minimum absolute atomic E-state index is 0.210. The van der Waals surface area contributed by atoms with Gasteiger partial charge in [0, 0.05) is 6.54 Å². The number of aryl methyl sites for hydroxylation is 1. The van der Waals surface area contributed by atoms with Crippen LogP contribution in [0.2, 0.25) is 0 Å². The molecule has 0 aliphatic rings. The average Bonchev–Trinajstić information content (AvgIpc) is 2.28. The zero-order chi connectivity index (χ0) is 15.3. The summed E-state index contributed by atoms with van der Waals surface area (Å²) in [6.07, 6.45) is -0.625. The van der Waals surface area contributed by atoms with E-state index in [1.807, 2.05) is 31.2 Å². The molecule has 1 aromatic rings. The van der Waals surface area contributed by atoms with Crippen molar-refractivity contribution in [1.29, 1.82) is 0 Å². The van der Waals surface area contributed by atoms with Crippen molar-refractivity contribution in [3.05, 3.63) is 35.4 Å². The number of rotatable bonds is 4. The van der Waals surface area contributed by atoms with Crippen LogP contribution in [0.25, 0.3) is 0 Å². The van der Waals surface area contributed by atoms with Gasteiger partial charge in [0.1, 0.15) is 12.1 Å². The van der Waals surface area contributed by atoms with Gasteiger partial charge in [-0.1, -0.05) is 29.8 Å². The lowest BCUT2D eigenvalue weighted by Gasteiger charge is -2.26. The van der Waals surface area contributed by atoms with Crippen molar-refractivity contribution in [3.63, 3.8) is 0 Å². The largest absolute Gasteiger partial charge is 0.480 e. The van der Waals surface area contributed by atoms with Crippen LogP contribution in [0.1, 0.15) is 31.9 Å². The van der Waals surface area contributed by atoms with E-state index in [2.05, 4.69) is 0 Å². The summed E-state index contributed by atoms with van der Waals surface area (Å²) in [6, 6.07) is 7.58. The molecule has 0 aliphatic heterocycles. The molecule has 0 aromatic heterocycles. The van der Waals surface area contributed by atoms with E-state index in [1.54, 1.807) is 20.8 Å². The van der Waals surface area contributed by atoms with Crippen LogP contribution in [0.3, 0.4) is 0 Å². The molecule has 0 heterocycles. The van der Waals surface area contributed by atoms with Gasteiger partial charge in [-0.25, -0.2) is 4.79 Å². The van der Waals surface area contributed by atoms with Crippen molar-refractivity contribution in [2.75, 3.05) is 6.54 Å². The number of carboxylic acids is 1. The topological polar surface area (TPSA) is 66.8 Å². The van der Waals surface area contributed by atoms with Crippen LogP contribution < -0.4 is 0 Å². The number of carbonyl (C=O) groups excluding carboxylic acids is 1. The predicted molar refractivity (Wildman–Crippen MR) is 75.5 cm³/mol. The van der Waals surface area contributed by atoms with Crippen LogP contribution in [0.15, 0.2) is 24.3 Å². The number of hydrogen-bond donors (Lipinski definition) is 1. The summed E-state index contributed by atoms with van der Waals surface area (Å²) in [7, 11) is 0. The van der Waals surface area contributed by atoms with Gasteiger partial charge in [-0.15, -0.1) is 0 Å². The highest BCUT2D eigenvalue weighted by Gasteiger charge is 2.23. The third-order valence-electron chi connectivity index (χ3n) is 2.47. The zero-order valence-corrected chi connectivity index (χ0v) is 12.3. The normalized spacial score (nSPS) is 11.0. The molecule has 5 nitrogen and oxygen atoms in total. The SMILES string of the molecule is Cc1ccc(CN(CC(=O)O)C(=O)OC(C)(C)C)cc1. The summed E-state index contributed by atoms with van der Waals surface area (Å²) >= 11 is 0. The molecule has 0 fully saturated rings. The minimum Gasteiger partial charge on any atom is -0.480 e. The van der Waals surface area contributed by atoms with E-state index in [4.69, 9.17) is 9.84 Å². The molecular weight excluding hydrogens is 258 g/mol. The molecule has 1 aromatic carbocycles. The molecule has 0 aliphatic carbocycles. The fraction of sp³-hybridized carbons (Fsp3) is 0.467. The molecule has 0 atom stereocenters. The molecule has 1 amide bonds. The van der Waals surface area contributed by atoms with E-state index in [0.717, 1.165) is 11.1 Å². The molecule has 0 saturated heterocycles. The van der Waals surface area contributed by atoms with Gasteiger partial charge in [-0.2, -0.15) is 0 Å². The monoisotopic (exact) mass is 279 g/mol. The average molecular weight is 279 g/mol. The second-order valence-electron chi connectivity index (χ2n) is 5.72. The number of carbonyl (C=O) groups is 2. The Morgan fingerprint density at radius 3 is 2.20 bits per heavy atom. The maximum atomic E-state index is 12.0. The van der Waals surface area contributed by atoms with Crippen molar-refractivity contribution in [3.8, 4) is 0 Å². The van der Waals surface area contributed by atoms with Crippen molar-refractivity contribution in [2.45, 2.75) is 39.8 Å². The van der Waals surface area contributed by atoms with Crippen LogP contribution in [0.5, 0.6) is 0 Å². The standard InChI is InChI=1S/C15H21NO4/c1-11-5-7-12(8-6-11)9-16(10-13(17)18)14(19)20-15(2,3)4/h5-8H,9-10H2,1-4H3,(H,17,18). The molecule has 1 N–H and O–H groups in total. The highest BCUT2D eigenvalue weighted by Crippen LogP contribution is 2.13. The molecule has 20 heavy (non-hydrogen) atoms. The first kappa shape index (κ1) is 16.0. The van der Waals surface area contributed by atoms with E-state index in [-0.39, 0.29) is 13.1 Å². The van der Waals surface area contributed by atoms with E-state index >= 15 is 0 Å². The lowest BCUT2D eigenvalue weighted by atomic mass is 10.1. The molecule has 1 rings (SSSR count). The third-order valence-corrected chi connectivity index (χ3v) is 2.47. The van der Waals surface area contributed by atoms with Crippen LogP contribution in [-0.2, 0) is 16.1 Å². The Morgan fingerprint density at radius 1 is 1.20 bits per heavy atom. The lowest BCUT2D eigenvalue weighted by Crippen LogP contribution is -2.39. The fourth-order valence-electron chi connectivity index (χ4n) is 1.59. The number of nitrogens with zero attached hydrogens (tertiary/aromatic N) is 1. The summed E-state index contributed by atoms with van der Waals surface area (Å²) in [5, 5.41) is 8.90. The molecule has 0 radical (unpaired) electrons. The second-order valence-corrected chi connectivity index (χ2v) is 5.72. The minimum atomic E-state index is -1.07. The second kappa shape index (κ2) is 6.41. The first-order chi connectivity index (χ1) is 9.17. The molecule has 0 unspecified atom stereocenters. The Labute approximate surface area is 119 Å². The van der Waals surface area contributed by atoms with Crippen LogP contribution in [0.4, 0.5) is 4.79 Å². The van der Waals surface area contributed by atoms with Gasteiger partial charge in [-0.3, -0.25) is 9.69 Å². The Balaban J connectivity index is 2.81. The van der Waals surface area contributed by atoms with Crippen LogP contribution in [-0.4, -0.2) is 34.2 Å². The maximum Gasteiger partial charge on any atom is 0.411 e. The molecule has 0 saturated carbocycles. The Bertz CT molecular complexity index is 474. The Morgan fingerprint density at radius 2 is 1.75 bits per heavy atom. The van der Waals surface area contributed by atoms with Crippen LogP contribution in [0, 0.1) is 6.92 Å². The van der Waals surface area contributed by atoms with Gasteiger partial charge in [0.25, 0.3) is 0 Å². The van der Waals surface area contributed by atoms with E-state index in [0.29, 0.717) is 0 Å². The van der Waals surface area contributed by atoms with Gasteiger partial charge in [-0.05, 0) is 33.3 Å². The van der Waals surface area contributed by atoms with E-state index in [9.17, 15) is 9.59 Å². The highest BCUT2D eigenvalue weighted by atomic mass is 16.6. The number of aliphatic carboxylic acids is 1. The number of benzene rings is 1. The molecule has 110 valence electrons. The smallest absolute Gasteiger partial charge is 0.411 e. The van der Waals surface area contributed by atoms with Crippen molar-refractivity contribution in [2.24, 2.45) is 0 Å². The summed E-state index contributed by atoms with van der Waals surface area (Å²) in [5.74, 6) is -1.07. The summed E-state index contributed by atoms with van der Waals surface area (Å²) in [4.78, 5) is 24.1. The number of hydrogen-bond acceptors (Lipinski definition) is 3. The van der Waals surface area contributed by atoms with Gasteiger partial charge in [0.05, 0.1) is 0 Å². The van der Waals surface area contributed by atoms with Gasteiger partial charge in [0.2, 0.25) is 0 Å². The summed E-state index contributed by atoms with van der Waals surface area (Å²) < 4.78 is 5.22.